The lowest BCUT2D eigenvalue weighted by Crippen LogP contribution is -2.57. The smallest absolute Gasteiger partial charge is 0.261 e. The molecular formula is C26H28ClFN4O4. The molecule has 0 radical (unpaired) electrons. The van der Waals surface area contributed by atoms with Gasteiger partial charge in [0, 0.05) is 37.3 Å². The van der Waals surface area contributed by atoms with E-state index in [0.717, 1.165) is 0 Å². The summed E-state index contributed by atoms with van der Waals surface area (Å²) in [7, 11) is 0. The first-order valence-electron chi connectivity index (χ1n) is 11.9. The van der Waals surface area contributed by atoms with Crippen LogP contribution in [-0.4, -0.2) is 82.2 Å². The number of aliphatic hydroxyl groups is 1. The number of ether oxygens (including phenoxy) is 1. The molecule has 3 aliphatic heterocycles. The number of piperazine rings is 1. The molecule has 190 valence electrons. The van der Waals surface area contributed by atoms with E-state index in [-0.39, 0.29) is 52.6 Å². The van der Waals surface area contributed by atoms with E-state index in [4.69, 9.17) is 21.3 Å². The average Bonchev–Trinajstić information content (AvgIpc) is 3.04. The molecule has 5 rings (SSSR count). The minimum atomic E-state index is -0.618. The van der Waals surface area contributed by atoms with Gasteiger partial charge >= 0.3 is 0 Å². The quantitative estimate of drug-likeness (QED) is 0.633. The van der Waals surface area contributed by atoms with Crippen molar-refractivity contribution in [1.82, 2.24) is 14.8 Å². The largest absolute Gasteiger partial charge is 0.489 e. The maximum absolute atomic E-state index is 14.8. The minimum absolute atomic E-state index is 0.0450. The number of rotatable bonds is 3. The zero-order valence-electron chi connectivity index (χ0n) is 20.2. The molecule has 2 unspecified atom stereocenters. The normalized spacial score (nSPS) is 23.0. The molecule has 3 aliphatic rings. The zero-order valence-corrected chi connectivity index (χ0v) is 21.0. The number of nitrogens with zero attached hydrogens (tertiary/aromatic N) is 4. The Morgan fingerprint density at radius 3 is 2.72 bits per heavy atom. The van der Waals surface area contributed by atoms with Crippen molar-refractivity contribution < 1.29 is 23.8 Å². The molecule has 0 spiro atoms. The number of β-amino-alcohol motifs (C(OH)–C–C–N with tert-alkyl or cyclic N) is 1. The van der Waals surface area contributed by atoms with Gasteiger partial charge in [-0.25, -0.2) is 9.37 Å². The van der Waals surface area contributed by atoms with E-state index in [9.17, 15) is 19.1 Å². The third kappa shape index (κ3) is 4.00. The molecule has 2 atom stereocenters. The molecular weight excluding hydrogens is 487 g/mol. The summed E-state index contributed by atoms with van der Waals surface area (Å²) in [6.07, 6.45) is 1.11. The van der Waals surface area contributed by atoms with Gasteiger partial charge in [0.05, 0.1) is 17.8 Å². The highest BCUT2D eigenvalue weighted by molar-refractivity contribution is 6.35. The molecule has 1 N–H and O–H groups in total. The first-order chi connectivity index (χ1) is 17.1. The van der Waals surface area contributed by atoms with Crippen LogP contribution in [0.4, 0.5) is 10.2 Å². The highest BCUT2D eigenvalue weighted by atomic mass is 35.5. The minimum Gasteiger partial charge on any atom is -0.489 e. The summed E-state index contributed by atoms with van der Waals surface area (Å²) < 4.78 is 21.0. The van der Waals surface area contributed by atoms with E-state index in [1.807, 2.05) is 18.7 Å². The van der Waals surface area contributed by atoms with Crippen molar-refractivity contribution >= 4 is 29.2 Å². The number of benzene rings is 1. The van der Waals surface area contributed by atoms with E-state index in [1.165, 1.54) is 12.1 Å². The Balaban J connectivity index is 1.68. The zero-order chi connectivity index (χ0) is 25.8. The second-order valence-corrected chi connectivity index (χ2v) is 10.4. The first-order valence-corrected chi connectivity index (χ1v) is 12.3. The molecule has 2 saturated heterocycles. The lowest BCUT2D eigenvalue weighted by molar-refractivity contribution is -0.128. The van der Waals surface area contributed by atoms with Crippen LogP contribution in [0, 0.1) is 5.82 Å². The number of pyridine rings is 1. The summed E-state index contributed by atoms with van der Waals surface area (Å²) in [5.41, 5.74) is 0.0108. The lowest BCUT2D eigenvalue weighted by atomic mass is 10.00. The van der Waals surface area contributed by atoms with Crippen molar-refractivity contribution in [3.05, 3.63) is 53.3 Å². The highest BCUT2D eigenvalue weighted by Gasteiger charge is 2.45. The van der Waals surface area contributed by atoms with Gasteiger partial charge in [0.25, 0.3) is 5.91 Å². The fourth-order valence-electron chi connectivity index (χ4n) is 5.39. The second-order valence-electron chi connectivity index (χ2n) is 10.0. The van der Waals surface area contributed by atoms with Gasteiger partial charge in [-0.3, -0.25) is 9.59 Å². The molecule has 2 aromatic rings. The molecule has 0 aliphatic carbocycles. The molecule has 1 aromatic heterocycles. The van der Waals surface area contributed by atoms with Crippen LogP contribution in [0.3, 0.4) is 0 Å². The van der Waals surface area contributed by atoms with Crippen LogP contribution in [0.5, 0.6) is 5.75 Å². The van der Waals surface area contributed by atoms with Crippen LogP contribution in [0.25, 0.3) is 11.3 Å². The van der Waals surface area contributed by atoms with Gasteiger partial charge in [0.15, 0.2) is 5.75 Å². The number of anilines is 1. The number of fused-ring (bicyclic) bond motifs is 2. The van der Waals surface area contributed by atoms with Crippen molar-refractivity contribution in [3.63, 3.8) is 0 Å². The molecule has 0 bridgehead atoms. The van der Waals surface area contributed by atoms with Crippen molar-refractivity contribution in [2.75, 3.05) is 37.7 Å². The fraction of sp³-hybridized carbons (Fsp3) is 0.423. The number of hydrogen-bond donors (Lipinski definition) is 1. The van der Waals surface area contributed by atoms with Gasteiger partial charge in [0.2, 0.25) is 5.91 Å². The monoisotopic (exact) mass is 514 g/mol. The van der Waals surface area contributed by atoms with E-state index < -0.39 is 23.5 Å². The van der Waals surface area contributed by atoms with Gasteiger partial charge in [-0.15, -0.1) is 0 Å². The second kappa shape index (κ2) is 9.05. The van der Waals surface area contributed by atoms with Crippen molar-refractivity contribution in [3.8, 4) is 17.0 Å². The number of hydrogen-bond acceptors (Lipinski definition) is 6. The molecule has 1 aromatic carbocycles. The van der Waals surface area contributed by atoms with Crippen molar-refractivity contribution in [1.29, 1.82) is 0 Å². The molecule has 2 fully saturated rings. The number of carbonyl (C=O) groups is 2. The summed E-state index contributed by atoms with van der Waals surface area (Å²) >= 11 is 6.78. The van der Waals surface area contributed by atoms with E-state index >= 15 is 0 Å². The van der Waals surface area contributed by atoms with E-state index in [2.05, 4.69) is 6.58 Å². The fourth-order valence-corrected chi connectivity index (χ4v) is 5.68. The summed E-state index contributed by atoms with van der Waals surface area (Å²) in [4.78, 5) is 36.2. The van der Waals surface area contributed by atoms with Gasteiger partial charge in [-0.1, -0.05) is 30.3 Å². The molecule has 36 heavy (non-hydrogen) atoms. The third-order valence-corrected chi connectivity index (χ3v) is 7.53. The van der Waals surface area contributed by atoms with Gasteiger partial charge in [-0.2, -0.15) is 0 Å². The van der Waals surface area contributed by atoms with Crippen LogP contribution in [0.2, 0.25) is 5.02 Å². The Kier molecular flexibility index (Phi) is 6.16. The Labute approximate surface area is 213 Å². The topological polar surface area (TPSA) is 86.2 Å². The summed E-state index contributed by atoms with van der Waals surface area (Å²) in [5, 5.41) is 10.5. The standard InChI is InChI=1S/C26H28ClFN4O4/c1-4-19(34)30-9-10-31-15(12-30)14-36-23-20(25(31)35)24(32-13-16(33)11-26(32,2)3)29-22(21(23)27)17-7-5-6-8-18(17)28/h4-8,15-16,33H,1,9-14H2,2-3H3. The maximum atomic E-state index is 14.8. The number of amides is 2. The van der Waals surface area contributed by atoms with Gasteiger partial charge in [-0.05, 0) is 38.5 Å². The number of carbonyl (C=O) groups excluding carboxylic acids is 2. The molecule has 10 heteroatoms. The third-order valence-electron chi connectivity index (χ3n) is 7.18. The van der Waals surface area contributed by atoms with Crippen LogP contribution in [-0.2, 0) is 4.79 Å². The highest BCUT2D eigenvalue weighted by Crippen LogP contribution is 2.46. The predicted molar refractivity (Wildman–Crippen MR) is 134 cm³/mol. The molecule has 0 saturated carbocycles. The Bertz CT molecular complexity index is 1250. The van der Waals surface area contributed by atoms with Crippen molar-refractivity contribution in [2.45, 2.75) is 38.0 Å². The average molecular weight is 515 g/mol. The maximum Gasteiger partial charge on any atom is 0.261 e. The van der Waals surface area contributed by atoms with Gasteiger partial charge < -0.3 is 24.5 Å². The first kappa shape index (κ1) is 24.5. The summed E-state index contributed by atoms with van der Waals surface area (Å²) in [6, 6.07) is 5.75. The van der Waals surface area contributed by atoms with Crippen LogP contribution in [0.15, 0.2) is 36.9 Å². The van der Waals surface area contributed by atoms with Crippen LogP contribution in [0.1, 0.15) is 30.6 Å². The Morgan fingerprint density at radius 2 is 2.06 bits per heavy atom. The number of halogens is 2. The Morgan fingerprint density at radius 1 is 1.31 bits per heavy atom. The molecule has 4 heterocycles. The summed E-state index contributed by atoms with van der Waals surface area (Å²) in [6.45, 7) is 8.79. The van der Waals surface area contributed by atoms with Gasteiger partial charge in [0.1, 0.15) is 28.8 Å². The Hall–Kier alpha value is -3.17. The van der Waals surface area contributed by atoms with Crippen LogP contribution < -0.4 is 9.64 Å². The number of aromatic nitrogens is 1. The molecule has 8 nitrogen and oxygen atoms in total. The van der Waals surface area contributed by atoms with E-state index in [0.29, 0.717) is 31.9 Å². The summed E-state index contributed by atoms with van der Waals surface area (Å²) in [5.74, 6) is -0.601. The molecule has 2 amide bonds. The van der Waals surface area contributed by atoms with Crippen LogP contribution >= 0.6 is 11.6 Å². The lowest BCUT2D eigenvalue weighted by Gasteiger charge is -2.40. The SMILES string of the molecule is C=CC(=O)N1CCN2C(=O)c3c(N4CC(O)CC4(C)C)nc(-c4ccccc4F)c(Cl)c3OCC2C1. The number of aliphatic hydroxyl groups excluding tert-OH is 1. The predicted octanol–water partition coefficient (Wildman–Crippen LogP) is 3.12. The van der Waals surface area contributed by atoms with E-state index in [1.54, 1.807) is 28.0 Å². The van der Waals surface area contributed by atoms with Crippen molar-refractivity contribution in [2.24, 2.45) is 0 Å².